The standard InChI is InChI=1S/C38H35N3O2/c1-37(2,3)25-16-17-30-26(20-25)27-21-28(38(4,5)6)33(43-35-19-15-24-11-9-13-32(42)36(24)40-35)22-31(27)41(30)34-18-14-23-10-7-8-12-29(23)39-34/h7-22,42H,1-6H3. The number of fused-ring (bicyclic) bond motifs is 5. The van der Waals surface area contributed by atoms with Crippen LogP contribution in [0.4, 0.5) is 0 Å². The Bertz CT molecular complexity index is 2200. The van der Waals surface area contributed by atoms with Crippen molar-refractivity contribution in [2.75, 3.05) is 0 Å². The summed E-state index contributed by atoms with van der Waals surface area (Å²) in [6.45, 7) is 13.3. The normalized spacial score (nSPS) is 12.5. The molecule has 0 aliphatic carbocycles. The van der Waals surface area contributed by atoms with Crippen LogP contribution in [-0.2, 0) is 10.8 Å². The van der Waals surface area contributed by atoms with Gasteiger partial charge >= 0.3 is 0 Å². The van der Waals surface area contributed by atoms with E-state index in [1.807, 2.05) is 36.4 Å². The van der Waals surface area contributed by atoms with E-state index in [4.69, 9.17) is 9.72 Å². The Kier molecular flexibility index (Phi) is 6.00. The molecule has 0 unspecified atom stereocenters. The first-order chi connectivity index (χ1) is 20.5. The van der Waals surface area contributed by atoms with Gasteiger partial charge in [-0.1, -0.05) is 77.9 Å². The monoisotopic (exact) mass is 565 g/mol. The van der Waals surface area contributed by atoms with Gasteiger partial charge in [-0.15, -0.1) is 0 Å². The SMILES string of the molecule is CC(C)(C)c1ccc2c(c1)c1cc(C(C)(C)C)c(Oc3ccc4cccc(O)c4n3)cc1n2-c1ccc2ccccc2n1. The zero-order chi connectivity index (χ0) is 30.1. The fraction of sp³-hybridized carbons (Fsp3) is 0.211. The first-order valence-electron chi connectivity index (χ1n) is 14.7. The number of aromatic hydroxyl groups is 1. The summed E-state index contributed by atoms with van der Waals surface area (Å²) >= 11 is 0. The minimum Gasteiger partial charge on any atom is -0.506 e. The maximum absolute atomic E-state index is 10.5. The molecule has 0 atom stereocenters. The van der Waals surface area contributed by atoms with Crippen LogP contribution in [-0.4, -0.2) is 19.6 Å². The van der Waals surface area contributed by atoms with Crippen molar-refractivity contribution in [1.82, 2.24) is 14.5 Å². The number of aromatic nitrogens is 3. The molecule has 0 aliphatic heterocycles. The van der Waals surface area contributed by atoms with Crippen molar-refractivity contribution >= 4 is 43.6 Å². The second kappa shape index (κ2) is 9.56. The lowest BCUT2D eigenvalue weighted by Gasteiger charge is -2.23. The molecular weight excluding hydrogens is 530 g/mol. The lowest BCUT2D eigenvalue weighted by molar-refractivity contribution is 0.440. The van der Waals surface area contributed by atoms with Crippen molar-refractivity contribution < 1.29 is 9.84 Å². The first-order valence-corrected chi connectivity index (χ1v) is 14.7. The molecule has 7 aromatic rings. The number of benzene rings is 4. The lowest BCUT2D eigenvalue weighted by atomic mass is 9.84. The highest BCUT2D eigenvalue weighted by Gasteiger charge is 2.25. The number of hydrogen-bond acceptors (Lipinski definition) is 4. The van der Waals surface area contributed by atoms with E-state index in [0.29, 0.717) is 11.4 Å². The Morgan fingerprint density at radius 2 is 1.40 bits per heavy atom. The second-order valence-corrected chi connectivity index (χ2v) is 13.4. The molecule has 0 fully saturated rings. The average molecular weight is 566 g/mol. The van der Waals surface area contributed by atoms with E-state index in [1.165, 1.54) is 10.9 Å². The van der Waals surface area contributed by atoms with E-state index in [2.05, 4.69) is 106 Å². The highest BCUT2D eigenvalue weighted by molar-refractivity contribution is 6.10. The van der Waals surface area contributed by atoms with Crippen molar-refractivity contribution in [2.45, 2.75) is 52.4 Å². The van der Waals surface area contributed by atoms with E-state index < -0.39 is 0 Å². The van der Waals surface area contributed by atoms with Crippen LogP contribution < -0.4 is 4.74 Å². The number of hydrogen-bond donors (Lipinski definition) is 1. The van der Waals surface area contributed by atoms with Gasteiger partial charge in [-0.3, -0.25) is 4.57 Å². The van der Waals surface area contributed by atoms with Gasteiger partial charge in [0.1, 0.15) is 22.8 Å². The summed E-state index contributed by atoms with van der Waals surface area (Å²) in [5.41, 5.74) is 5.72. The van der Waals surface area contributed by atoms with Crippen LogP contribution in [0.3, 0.4) is 0 Å². The van der Waals surface area contributed by atoms with Gasteiger partial charge in [0.15, 0.2) is 0 Å². The number of phenols is 1. The molecule has 4 aromatic carbocycles. The van der Waals surface area contributed by atoms with Gasteiger partial charge in [0.05, 0.1) is 16.6 Å². The van der Waals surface area contributed by atoms with E-state index in [1.54, 1.807) is 6.07 Å². The summed E-state index contributed by atoms with van der Waals surface area (Å²) in [5.74, 6) is 2.14. The molecule has 0 saturated heterocycles. The molecule has 7 rings (SSSR count). The van der Waals surface area contributed by atoms with Crippen LogP contribution in [0.25, 0.3) is 49.4 Å². The van der Waals surface area contributed by atoms with Gasteiger partial charge in [0.2, 0.25) is 5.88 Å². The molecule has 0 bridgehead atoms. The third-order valence-corrected chi connectivity index (χ3v) is 8.24. The Labute approximate surface area is 251 Å². The van der Waals surface area contributed by atoms with Crippen LogP contribution in [0.5, 0.6) is 17.4 Å². The third-order valence-electron chi connectivity index (χ3n) is 8.24. The smallest absolute Gasteiger partial charge is 0.219 e. The number of rotatable bonds is 3. The van der Waals surface area contributed by atoms with Crippen LogP contribution in [0.1, 0.15) is 52.7 Å². The summed E-state index contributed by atoms with van der Waals surface area (Å²) < 4.78 is 8.82. The first kappa shape index (κ1) is 27.0. The summed E-state index contributed by atoms with van der Waals surface area (Å²) in [7, 11) is 0. The van der Waals surface area contributed by atoms with E-state index >= 15 is 0 Å². The highest BCUT2D eigenvalue weighted by Crippen LogP contribution is 2.42. The summed E-state index contributed by atoms with van der Waals surface area (Å²) in [4.78, 5) is 9.78. The quantitative estimate of drug-likeness (QED) is 0.232. The molecular formula is C38H35N3O2. The third kappa shape index (κ3) is 4.65. The lowest BCUT2D eigenvalue weighted by Crippen LogP contribution is -2.13. The molecule has 43 heavy (non-hydrogen) atoms. The van der Waals surface area contributed by atoms with Crippen molar-refractivity contribution in [3.8, 4) is 23.2 Å². The summed E-state index contributed by atoms with van der Waals surface area (Å²) in [5, 5.41) is 14.8. The van der Waals surface area contributed by atoms with E-state index in [-0.39, 0.29) is 16.6 Å². The number of ether oxygens (including phenoxy) is 1. The van der Waals surface area contributed by atoms with Crippen molar-refractivity contribution in [3.63, 3.8) is 0 Å². The van der Waals surface area contributed by atoms with E-state index in [9.17, 15) is 5.11 Å². The van der Waals surface area contributed by atoms with Crippen molar-refractivity contribution in [3.05, 3.63) is 108 Å². The molecule has 0 aliphatic rings. The second-order valence-electron chi connectivity index (χ2n) is 13.4. The fourth-order valence-electron chi connectivity index (χ4n) is 5.89. The molecule has 5 nitrogen and oxygen atoms in total. The van der Waals surface area contributed by atoms with Crippen LogP contribution >= 0.6 is 0 Å². The molecule has 5 heteroatoms. The number of nitrogens with zero attached hydrogens (tertiary/aromatic N) is 3. The van der Waals surface area contributed by atoms with Gasteiger partial charge < -0.3 is 9.84 Å². The number of pyridine rings is 2. The van der Waals surface area contributed by atoms with Crippen molar-refractivity contribution in [2.24, 2.45) is 0 Å². The molecule has 3 heterocycles. The minimum absolute atomic E-state index is 0.00698. The molecule has 0 radical (unpaired) electrons. The number of para-hydroxylation sites is 2. The van der Waals surface area contributed by atoms with Crippen LogP contribution in [0.15, 0.2) is 97.1 Å². The largest absolute Gasteiger partial charge is 0.506 e. The van der Waals surface area contributed by atoms with Gasteiger partial charge in [0, 0.05) is 39.2 Å². The van der Waals surface area contributed by atoms with E-state index in [0.717, 1.165) is 49.8 Å². The maximum atomic E-state index is 10.5. The van der Waals surface area contributed by atoms with Gasteiger partial charge in [0.25, 0.3) is 0 Å². The fourth-order valence-corrected chi connectivity index (χ4v) is 5.89. The van der Waals surface area contributed by atoms with Gasteiger partial charge in [-0.25, -0.2) is 9.97 Å². The summed E-state index contributed by atoms with van der Waals surface area (Å²) in [6.07, 6.45) is 0. The highest BCUT2D eigenvalue weighted by atomic mass is 16.5. The Morgan fingerprint density at radius 1 is 0.651 bits per heavy atom. The predicted octanol–water partition coefficient (Wildman–Crippen LogP) is 9.97. The maximum Gasteiger partial charge on any atom is 0.219 e. The van der Waals surface area contributed by atoms with Crippen LogP contribution in [0, 0.1) is 0 Å². The zero-order valence-corrected chi connectivity index (χ0v) is 25.4. The number of phenolic OH excluding ortho intramolecular Hbond substituents is 1. The average Bonchev–Trinajstić information content (AvgIpc) is 3.28. The molecule has 214 valence electrons. The zero-order valence-electron chi connectivity index (χ0n) is 25.4. The molecule has 3 aromatic heterocycles. The topological polar surface area (TPSA) is 60.2 Å². The van der Waals surface area contributed by atoms with Crippen molar-refractivity contribution in [1.29, 1.82) is 0 Å². The van der Waals surface area contributed by atoms with Gasteiger partial charge in [-0.05, 0) is 64.9 Å². The van der Waals surface area contributed by atoms with Gasteiger partial charge in [-0.2, -0.15) is 0 Å². The molecule has 0 spiro atoms. The Balaban J connectivity index is 1.52. The predicted molar refractivity (Wildman–Crippen MR) is 177 cm³/mol. The Hall–Kier alpha value is -4.90. The molecule has 0 amide bonds. The molecule has 0 saturated carbocycles. The van der Waals surface area contributed by atoms with Crippen LogP contribution in [0.2, 0.25) is 0 Å². The minimum atomic E-state index is -0.209. The summed E-state index contributed by atoms with van der Waals surface area (Å²) in [6, 6.07) is 32.8. The Morgan fingerprint density at radius 3 is 2.19 bits per heavy atom. The molecule has 1 N–H and O–H groups in total.